The average Bonchev–Trinajstić information content (AvgIpc) is 2.77. The minimum atomic E-state index is -1.84. The fourth-order valence-corrected chi connectivity index (χ4v) is 3.37. The summed E-state index contributed by atoms with van der Waals surface area (Å²) in [6.45, 7) is 3.22. The summed E-state index contributed by atoms with van der Waals surface area (Å²) in [5.41, 5.74) is 0.336. The lowest BCUT2D eigenvalue weighted by molar-refractivity contribution is -0.170. The van der Waals surface area contributed by atoms with Crippen molar-refractivity contribution in [2.75, 3.05) is 0 Å². The number of pyridine rings is 1. The van der Waals surface area contributed by atoms with Crippen LogP contribution in [-0.2, 0) is 25.7 Å². The van der Waals surface area contributed by atoms with Crippen LogP contribution in [0.2, 0.25) is 0 Å². The van der Waals surface area contributed by atoms with E-state index in [2.05, 4.69) is 11.9 Å². The normalized spacial score (nSPS) is 11.8. The molecule has 0 saturated heterocycles. The zero-order chi connectivity index (χ0) is 24.6. The van der Waals surface area contributed by atoms with E-state index in [0.29, 0.717) is 6.42 Å². The van der Waals surface area contributed by atoms with Crippen LogP contribution >= 0.6 is 0 Å². The lowest BCUT2D eigenvalue weighted by Crippen LogP contribution is -2.18. The van der Waals surface area contributed by atoms with Crippen molar-refractivity contribution in [2.45, 2.75) is 104 Å². The first-order chi connectivity index (χ1) is 15.8. The molecule has 186 valence electrons. The Balaban J connectivity index is 2.65. The Hall–Kier alpha value is -2.52. The van der Waals surface area contributed by atoms with Crippen molar-refractivity contribution >= 4 is 17.9 Å². The summed E-state index contributed by atoms with van der Waals surface area (Å²) in [5, 5.41) is 28.7. The molecule has 3 N–H and O–H groups in total. The highest BCUT2D eigenvalue weighted by Gasteiger charge is 2.25. The molecule has 0 spiro atoms. The predicted octanol–water partition coefficient (Wildman–Crippen LogP) is 4.11. The Kier molecular flexibility index (Phi) is 14.0. The molecule has 0 aliphatic carbocycles. The summed E-state index contributed by atoms with van der Waals surface area (Å²) in [7, 11) is 0. The molecular formula is C24H37NO8. The van der Waals surface area contributed by atoms with Crippen LogP contribution < -0.4 is 4.74 Å². The van der Waals surface area contributed by atoms with Gasteiger partial charge in [-0.3, -0.25) is 19.4 Å². The maximum Gasteiger partial charge on any atom is 0.311 e. The van der Waals surface area contributed by atoms with E-state index in [-0.39, 0.29) is 29.0 Å². The van der Waals surface area contributed by atoms with E-state index in [9.17, 15) is 24.6 Å². The molecule has 0 aromatic carbocycles. The number of carbonyl (C=O) groups is 3. The summed E-state index contributed by atoms with van der Waals surface area (Å²) in [6.07, 6.45) is 8.74. The Bertz CT molecular complexity index is 765. The third-order valence-corrected chi connectivity index (χ3v) is 5.24. The number of aliphatic hydroxyl groups excluding tert-OH is 2. The first kappa shape index (κ1) is 28.5. The highest BCUT2D eigenvalue weighted by atomic mass is 16.6. The second-order valence-electron chi connectivity index (χ2n) is 8.06. The summed E-state index contributed by atoms with van der Waals surface area (Å²) in [5.74, 6) is -2.69. The lowest BCUT2D eigenvalue weighted by Gasteiger charge is -2.19. The van der Waals surface area contributed by atoms with Crippen LogP contribution in [0.5, 0.6) is 5.75 Å². The first-order valence-electron chi connectivity index (χ1n) is 11.7. The Morgan fingerprint density at radius 2 is 1.55 bits per heavy atom. The smallest absolute Gasteiger partial charge is 0.311 e. The van der Waals surface area contributed by atoms with Crippen molar-refractivity contribution in [1.29, 1.82) is 0 Å². The molecular weight excluding hydrogens is 430 g/mol. The average molecular weight is 468 g/mol. The van der Waals surface area contributed by atoms with Crippen molar-refractivity contribution in [3.63, 3.8) is 0 Å². The molecule has 1 aromatic rings. The fraction of sp³-hybridized carbons (Fsp3) is 0.667. The maximum absolute atomic E-state index is 12.4. The van der Waals surface area contributed by atoms with Crippen molar-refractivity contribution in [3.8, 4) is 5.75 Å². The van der Waals surface area contributed by atoms with Crippen LogP contribution in [0.3, 0.4) is 0 Å². The van der Waals surface area contributed by atoms with Gasteiger partial charge in [0.2, 0.25) is 6.29 Å². The molecule has 1 aromatic heterocycles. The van der Waals surface area contributed by atoms with E-state index in [0.717, 1.165) is 19.3 Å². The number of esters is 2. The zero-order valence-electron chi connectivity index (χ0n) is 19.7. The SMILES string of the molecule is CCCCCCCCCCCC(=O)Oc1c(C)ncc(CO)c1C(O)OC(=O)CCC(=O)O. The van der Waals surface area contributed by atoms with Gasteiger partial charge in [0, 0.05) is 18.2 Å². The van der Waals surface area contributed by atoms with E-state index < -0.39 is 43.6 Å². The van der Waals surface area contributed by atoms with Gasteiger partial charge in [-0.25, -0.2) is 0 Å². The third-order valence-electron chi connectivity index (χ3n) is 5.24. The topological polar surface area (TPSA) is 143 Å². The Morgan fingerprint density at radius 3 is 2.12 bits per heavy atom. The van der Waals surface area contributed by atoms with Gasteiger partial charge in [-0.15, -0.1) is 0 Å². The zero-order valence-corrected chi connectivity index (χ0v) is 19.7. The summed E-state index contributed by atoms with van der Waals surface area (Å²) < 4.78 is 10.3. The van der Waals surface area contributed by atoms with E-state index in [1.165, 1.54) is 38.3 Å². The molecule has 33 heavy (non-hydrogen) atoms. The van der Waals surface area contributed by atoms with Crippen LogP contribution in [0, 0.1) is 6.92 Å². The number of aryl methyl sites for hydroxylation is 1. The second-order valence-corrected chi connectivity index (χ2v) is 8.06. The minimum absolute atomic E-state index is 0.0685. The van der Waals surface area contributed by atoms with Crippen molar-refractivity contribution in [3.05, 3.63) is 23.0 Å². The van der Waals surface area contributed by atoms with Crippen molar-refractivity contribution in [2.24, 2.45) is 0 Å². The van der Waals surface area contributed by atoms with Gasteiger partial charge in [0.15, 0.2) is 5.75 Å². The molecule has 1 heterocycles. The number of aromatic nitrogens is 1. The van der Waals surface area contributed by atoms with Crippen LogP contribution in [-0.4, -0.2) is 38.2 Å². The van der Waals surface area contributed by atoms with Crippen LogP contribution in [0.15, 0.2) is 6.20 Å². The summed E-state index contributed by atoms with van der Waals surface area (Å²) >= 11 is 0. The number of nitrogens with zero attached hydrogens (tertiary/aromatic N) is 1. The molecule has 0 radical (unpaired) electrons. The number of carboxylic acids is 1. The van der Waals surface area contributed by atoms with Crippen molar-refractivity contribution < 1.29 is 39.2 Å². The van der Waals surface area contributed by atoms with E-state index in [1.807, 2.05) is 0 Å². The van der Waals surface area contributed by atoms with Gasteiger partial charge in [0.1, 0.15) is 0 Å². The molecule has 0 aliphatic heterocycles. The molecule has 0 bridgehead atoms. The summed E-state index contributed by atoms with van der Waals surface area (Å²) in [6, 6.07) is 0. The molecule has 9 heteroatoms. The van der Waals surface area contributed by atoms with Crippen LogP contribution in [0.4, 0.5) is 0 Å². The number of aliphatic hydroxyl groups is 2. The number of rotatable bonds is 17. The molecule has 0 aliphatic rings. The number of hydrogen-bond acceptors (Lipinski definition) is 8. The monoisotopic (exact) mass is 467 g/mol. The minimum Gasteiger partial charge on any atom is -0.481 e. The number of aliphatic carboxylic acids is 1. The van der Waals surface area contributed by atoms with Gasteiger partial charge in [-0.05, 0) is 13.3 Å². The van der Waals surface area contributed by atoms with Gasteiger partial charge in [-0.2, -0.15) is 0 Å². The van der Waals surface area contributed by atoms with Crippen molar-refractivity contribution in [1.82, 2.24) is 4.98 Å². The van der Waals surface area contributed by atoms with Gasteiger partial charge < -0.3 is 24.8 Å². The Labute approximate surface area is 195 Å². The van der Waals surface area contributed by atoms with Gasteiger partial charge in [0.25, 0.3) is 0 Å². The van der Waals surface area contributed by atoms with Crippen LogP contribution in [0.25, 0.3) is 0 Å². The van der Waals surface area contributed by atoms with Crippen LogP contribution in [0.1, 0.15) is 107 Å². The lowest BCUT2D eigenvalue weighted by atomic mass is 10.1. The highest BCUT2D eigenvalue weighted by Crippen LogP contribution is 2.32. The molecule has 1 unspecified atom stereocenters. The quantitative estimate of drug-likeness (QED) is 0.175. The molecule has 0 fully saturated rings. The predicted molar refractivity (Wildman–Crippen MR) is 120 cm³/mol. The number of carboxylic acid groups (broad SMARTS) is 1. The number of carbonyl (C=O) groups excluding carboxylic acids is 2. The molecule has 0 amide bonds. The summed E-state index contributed by atoms with van der Waals surface area (Å²) in [4.78, 5) is 38.9. The van der Waals surface area contributed by atoms with E-state index in [1.54, 1.807) is 6.92 Å². The molecule has 0 saturated carbocycles. The highest BCUT2D eigenvalue weighted by molar-refractivity contribution is 5.77. The third kappa shape index (κ3) is 11.3. The fourth-order valence-electron chi connectivity index (χ4n) is 3.37. The van der Waals surface area contributed by atoms with Gasteiger partial charge in [-0.1, -0.05) is 58.3 Å². The molecule has 1 rings (SSSR count). The number of ether oxygens (including phenoxy) is 2. The maximum atomic E-state index is 12.4. The van der Waals surface area contributed by atoms with E-state index >= 15 is 0 Å². The standard InChI is InChI=1S/C24H37NO8/c1-3-4-5-6-7-8-9-10-11-12-20(29)32-23-17(2)25-15-18(16-26)22(23)24(31)33-21(30)14-13-19(27)28/h15,24,26,31H,3-14,16H2,1-2H3,(H,27,28). The Morgan fingerprint density at radius 1 is 0.939 bits per heavy atom. The molecule has 9 nitrogen and oxygen atoms in total. The van der Waals surface area contributed by atoms with Gasteiger partial charge in [0.05, 0.1) is 30.7 Å². The first-order valence-corrected chi connectivity index (χ1v) is 11.7. The number of unbranched alkanes of at least 4 members (excludes halogenated alkanes) is 8. The number of hydrogen-bond donors (Lipinski definition) is 3. The molecule has 1 atom stereocenters. The largest absolute Gasteiger partial charge is 0.481 e. The van der Waals surface area contributed by atoms with Gasteiger partial charge >= 0.3 is 17.9 Å². The second kappa shape index (κ2) is 16.1. The van der Waals surface area contributed by atoms with E-state index in [4.69, 9.17) is 14.6 Å².